The first-order chi connectivity index (χ1) is 8.85. The molecule has 0 aliphatic rings. The average molecular weight is 264 g/mol. The van der Waals surface area contributed by atoms with Crippen molar-refractivity contribution >= 4 is 11.8 Å². The summed E-state index contributed by atoms with van der Waals surface area (Å²) in [6, 6.07) is 1.99. The first-order valence-corrected chi connectivity index (χ1v) is 7.18. The molecule has 0 saturated heterocycles. The summed E-state index contributed by atoms with van der Waals surface area (Å²) in [5.74, 6) is 2.24. The van der Waals surface area contributed by atoms with E-state index < -0.39 is 0 Å². The highest BCUT2D eigenvalue weighted by molar-refractivity contribution is 5.42. The molecular formula is C15H28N4. The van der Waals surface area contributed by atoms with Gasteiger partial charge >= 0.3 is 0 Å². The Morgan fingerprint density at radius 3 is 2.47 bits per heavy atom. The van der Waals surface area contributed by atoms with Crippen LogP contribution in [0, 0.1) is 18.3 Å². The maximum absolute atomic E-state index is 4.50. The van der Waals surface area contributed by atoms with E-state index in [0.717, 1.165) is 31.0 Å². The van der Waals surface area contributed by atoms with Gasteiger partial charge in [-0.1, -0.05) is 34.6 Å². The lowest BCUT2D eigenvalue weighted by Crippen LogP contribution is -2.28. The zero-order chi connectivity index (χ0) is 14.5. The molecule has 108 valence electrons. The van der Waals surface area contributed by atoms with Gasteiger partial charge in [0.25, 0.3) is 0 Å². The second kappa shape index (κ2) is 6.73. The predicted molar refractivity (Wildman–Crippen MR) is 82.7 cm³/mol. The van der Waals surface area contributed by atoms with Crippen LogP contribution in [0.3, 0.4) is 0 Å². The third-order valence-electron chi connectivity index (χ3n) is 3.68. The van der Waals surface area contributed by atoms with Crippen molar-refractivity contribution in [2.24, 2.45) is 11.3 Å². The third kappa shape index (κ3) is 5.05. The highest BCUT2D eigenvalue weighted by Crippen LogP contribution is 2.26. The van der Waals surface area contributed by atoms with Gasteiger partial charge in [0.15, 0.2) is 0 Å². The SMILES string of the molecule is CCCNc1nc(C)cc(NCC(C)(C)C(C)C)n1. The fraction of sp³-hybridized carbons (Fsp3) is 0.733. The molecule has 2 N–H and O–H groups in total. The lowest BCUT2D eigenvalue weighted by Gasteiger charge is -2.29. The van der Waals surface area contributed by atoms with E-state index in [1.807, 2.05) is 13.0 Å². The highest BCUT2D eigenvalue weighted by atomic mass is 15.1. The Morgan fingerprint density at radius 1 is 1.21 bits per heavy atom. The summed E-state index contributed by atoms with van der Waals surface area (Å²) in [4.78, 5) is 8.89. The van der Waals surface area contributed by atoms with Crippen LogP contribution >= 0.6 is 0 Å². The molecule has 1 heterocycles. The Hall–Kier alpha value is -1.32. The molecule has 4 heteroatoms. The summed E-state index contributed by atoms with van der Waals surface area (Å²) < 4.78 is 0. The number of nitrogens with one attached hydrogen (secondary N) is 2. The van der Waals surface area contributed by atoms with Crippen LogP contribution in [0.5, 0.6) is 0 Å². The van der Waals surface area contributed by atoms with Crippen molar-refractivity contribution in [2.75, 3.05) is 23.7 Å². The first kappa shape index (κ1) is 15.7. The molecule has 19 heavy (non-hydrogen) atoms. The van der Waals surface area contributed by atoms with Crippen LogP contribution in [-0.4, -0.2) is 23.1 Å². The molecule has 0 aliphatic carbocycles. The Kier molecular flexibility index (Phi) is 5.58. The Labute approximate surface area is 117 Å². The van der Waals surface area contributed by atoms with Crippen LogP contribution in [0.4, 0.5) is 11.8 Å². The minimum absolute atomic E-state index is 0.246. The van der Waals surface area contributed by atoms with E-state index in [4.69, 9.17) is 0 Å². The van der Waals surface area contributed by atoms with Gasteiger partial charge in [0.05, 0.1) is 0 Å². The van der Waals surface area contributed by atoms with Crippen LogP contribution < -0.4 is 10.6 Å². The Morgan fingerprint density at radius 2 is 1.89 bits per heavy atom. The summed E-state index contributed by atoms with van der Waals surface area (Å²) in [5.41, 5.74) is 1.23. The van der Waals surface area contributed by atoms with Crippen LogP contribution in [-0.2, 0) is 0 Å². The molecule has 0 fully saturated rings. The van der Waals surface area contributed by atoms with Gasteiger partial charge < -0.3 is 10.6 Å². The monoisotopic (exact) mass is 264 g/mol. The topological polar surface area (TPSA) is 49.8 Å². The summed E-state index contributed by atoms with van der Waals surface area (Å²) in [6.07, 6.45) is 1.07. The van der Waals surface area contributed by atoms with Gasteiger partial charge in [0.1, 0.15) is 5.82 Å². The van der Waals surface area contributed by atoms with Gasteiger partial charge in [-0.05, 0) is 24.7 Å². The van der Waals surface area contributed by atoms with E-state index in [0.29, 0.717) is 11.9 Å². The lowest BCUT2D eigenvalue weighted by molar-refractivity contribution is 0.269. The zero-order valence-electron chi connectivity index (χ0n) is 13.2. The van der Waals surface area contributed by atoms with E-state index in [1.54, 1.807) is 0 Å². The molecule has 4 nitrogen and oxygen atoms in total. The number of anilines is 2. The van der Waals surface area contributed by atoms with E-state index in [2.05, 4.69) is 55.2 Å². The van der Waals surface area contributed by atoms with Crippen molar-refractivity contribution in [3.63, 3.8) is 0 Å². The zero-order valence-corrected chi connectivity index (χ0v) is 13.2. The van der Waals surface area contributed by atoms with Gasteiger partial charge in [-0.25, -0.2) is 4.98 Å². The largest absolute Gasteiger partial charge is 0.369 e. The third-order valence-corrected chi connectivity index (χ3v) is 3.68. The summed E-state index contributed by atoms with van der Waals surface area (Å²) in [6.45, 7) is 15.0. The molecule has 1 aromatic heterocycles. The molecule has 0 radical (unpaired) electrons. The molecule has 1 aromatic rings. The van der Waals surface area contributed by atoms with Crippen molar-refractivity contribution < 1.29 is 0 Å². The molecule has 0 unspecified atom stereocenters. The summed E-state index contributed by atoms with van der Waals surface area (Å²) in [5, 5.41) is 6.67. The minimum atomic E-state index is 0.246. The van der Waals surface area contributed by atoms with Gasteiger partial charge in [-0.15, -0.1) is 0 Å². The van der Waals surface area contributed by atoms with Crippen molar-refractivity contribution in [1.82, 2.24) is 9.97 Å². The smallest absolute Gasteiger partial charge is 0.224 e. The number of hydrogen-bond donors (Lipinski definition) is 2. The summed E-state index contributed by atoms with van der Waals surface area (Å²) >= 11 is 0. The molecule has 0 spiro atoms. The van der Waals surface area contributed by atoms with Gasteiger partial charge in [0.2, 0.25) is 5.95 Å². The molecule has 0 atom stereocenters. The molecule has 1 rings (SSSR count). The van der Waals surface area contributed by atoms with Crippen LogP contribution in [0.1, 0.15) is 46.7 Å². The van der Waals surface area contributed by atoms with Gasteiger partial charge in [-0.2, -0.15) is 4.98 Å². The normalized spacial score (nSPS) is 11.7. The van der Waals surface area contributed by atoms with Crippen LogP contribution in [0.15, 0.2) is 6.07 Å². The van der Waals surface area contributed by atoms with E-state index in [1.165, 1.54) is 0 Å². The number of nitrogens with zero attached hydrogens (tertiary/aromatic N) is 2. The molecule has 0 bridgehead atoms. The predicted octanol–water partition coefficient (Wildman–Crippen LogP) is 3.70. The van der Waals surface area contributed by atoms with Crippen molar-refractivity contribution in [2.45, 2.75) is 48.0 Å². The van der Waals surface area contributed by atoms with E-state index in [-0.39, 0.29) is 5.41 Å². The van der Waals surface area contributed by atoms with Crippen LogP contribution in [0.25, 0.3) is 0 Å². The van der Waals surface area contributed by atoms with Crippen molar-refractivity contribution in [3.05, 3.63) is 11.8 Å². The maximum Gasteiger partial charge on any atom is 0.224 e. The fourth-order valence-corrected chi connectivity index (χ4v) is 1.50. The Balaban J connectivity index is 2.70. The molecule has 0 saturated carbocycles. The van der Waals surface area contributed by atoms with Crippen molar-refractivity contribution in [1.29, 1.82) is 0 Å². The minimum Gasteiger partial charge on any atom is -0.369 e. The maximum atomic E-state index is 4.50. The van der Waals surface area contributed by atoms with E-state index >= 15 is 0 Å². The molecule has 0 aliphatic heterocycles. The van der Waals surface area contributed by atoms with Crippen molar-refractivity contribution in [3.8, 4) is 0 Å². The average Bonchev–Trinajstić information content (AvgIpc) is 2.33. The standard InChI is InChI=1S/C15H28N4/c1-7-8-16-14-18-12(4)9-13(19-14)17-10-15(5,6)11(2)3/h9,11H,7-8,10H2,1-6H3,(H2,16,17,18,19). The highest BCUT2D eigenvalue weighted by Gasteiger charge is 2.22. The quantitative estimate of drug-likeness (QED) is 0.788. The van der Waals surface area contributed by atoms with E-state index in [9.17, 15) is 0 Å². The lowest BCUT2D eigenvalue weighted by atomic mass is 9.81. The first-order valence-electron chi connectivity index (χ1n) is 7.18. The number of aromatic nitrogens is 2. The molecule has 0 aromatic carbocycles. The number of rotatable bonds is 7. The Bertz CT molecular complexity index is 399. The second-order valence-electron chi connectivity index (χ2n) is 6.14. The van der Waals surface area contributed by atoms with Crippen LogP contribution in [0.2, 0.25) is 0 Å². The van der Waals surface area contributed by atoms with Gasteiger partial charge in [-0.3, -0.25) is 0 Å². The summed E-state index contributed by atoms with van der Waals surface area (Å²) in [7, 11) is 0. The molecular weight excluding hydrogens is 236 g/mol. The van der Waals surface area contributed by atoms with Gasteiger partial charge in [0, 0.05) is 24.8 Å². The number of hydrogen-bond acceptors (Lipinski definition) is 4. The number of aryl methyl sites for hydroxylation is 1. The fourth-order valence-electron chi connectivity index (χ4n) is 1.50. The molecule has 0 amide bonds. The second-order valence-corrected chi connectivity index (χ2v) is 6.14.